The SMILES string of the molecule is COc1ccccc1OCC(=O)Nc1cccc(-c2cn3ccsc3n2)c1. The normalized spacial score (nSPS) is 10.7. The number of methoxy groups -OCH3 is 1. The minimum atomic E-state index is -0.246. The fourth-order valence-corrected chi connectivity index (χ4v) is 3.40. The Hall–Kier alpha value is -3.32. The Bertz CT molecular complexity index is 1060. The van der Waals surface area contributed by atoms with Gasteiger partial charge in [-0.2, -0.15) is 0 Å². The van der Waals surface area contributed by atoms with Crippen molar-refractivity contribution in [3.05, 3.63) is 66.3 Å². The Morgan fingerprint density at radius 1 is 1.19 bits per heavy atom. The van der Waals surface area contributed by atoms with Gasteiger partial charge >= 0.3 is 0 Å². The molecule has 0 saturated carbocycles. The third-order valence-electron chi connectivity index (χ3n) is 3.96. The molecule has 2 aromatic heterocycles. The molecule has 0 atom stereocenters. The standard InChI is InChI=1S/C20H17N3O3S/c1-25-17-7-2-3-8-18(17)26-13-19(24)21-15-6-4-5-14(11-15)16-12-23-9-10-27-20(23)22-16/h2-12H,13H2,1H3,(H,21,24). The molecule has 1 N–H and O–H groups in total. The predicted molar refractivity (Wildman–Crippen MR) is 106 cm³/mol. The van der Waals surface area contributed by atoms with Crippen LogP contribution in [-0.4, -0.2) is 29.0 Å². The largest absolute Gasteiger partial charge is 0.493 e. The van der Waals surface area contributed by atoms with E-state index in [1.165, 1.54) is 0 Å². The van der Waals surface area contributed by atoms with Crippen molar-refractivity contribution in [1.82, 2.24) is 9.38 Å². The van der Waals surface area contributed by atoms with E-state index in [-0.39, 0.29) is 12.5 Å². The quantitative estimate of drug-likeness (QED) is 0.548. The van der Waals surface area contributed by atoms with Crippen molar-refractivity contribution in [2.24, 2.45) is 0 Å². The predicted octanol–water partition coefficient (Wildman–Crippen LogP) is 4.09. The van der Waals surface area contributed by atoms with Crippen LogP contribution in [0.2, 0.25) is 0 Å². The van der Waals surface area contributed by atoms with Crippen LogP contribution >= 0.6 is 11.3 Å². The second kappa shape index (κ2) is 7.51. The molecule has 0 aliphatic rings. The molecule has 0 spiro atoms. The van der Waals surface area contributed by atoms with Crippen molar-refractivity contribution in [1.29, 1.82) is 0 Å². The zero-order valence-electron chi connectivity index (χ0n) is 14.6. The van der Waals surface area contributed by atoms with Crippen LogP contribution < -0.4 is 14.8 Å². The Kier molecular flexibility index (Phi) is 4.76. The smallest absolute Gasteiger partial charge is 0.262 e. The van der Waals surface area contributed by atoms with Gasteiger partial charge in [-0.15, -0.1) is 11.3 Å². The Balaban J connectivity index is 1.43. The van der Waals surface area contributed by atoms with Gasteiger partial charge in [0.05, 0.1) is 12.8 Å². The summed E-state index contributed by atoms with van der Waals surface area (Å²) in [6.07, 6.45) is 3.94. The number of benzene rings is 2. The molecule has 6 nitrogen and oxygen atoms in total. The second-order valence-electron chi connectivity index (χ2n) is 5.79. The lowest BCUT2D eigenvalue weighted by Crippen LogP contribution is -2.20. The van der Waals surface area contributed by atoms with Crippen molar-refractivity contribution in [3.8, 4) is 22.8 Å². The summed E-state index contributed by atoms with van der Waals surface area (Å²) in [5.74, 6) is 0.873. The molecule has 2 heterocycles. The molecule has 0 aliphatic carbocycles. The van der Waals surface area contributed by atoms with E-state index in [0.717, 1.165) is 16.2 Å². The summed E-state index contributed by atoms with van der Waals surface area (Å²) < 4.78 is 12.7. The lowest BCUT2D eigenvalue weighted by atomic mass is 10.1. The number of fused-ring (bicyclic) bond motifs is 1. The fourth-order valence-electron chi connectivity index (χ4n) is 2.70. The minimum absolute atomic E-state index is 0.106. The highest BCUT2D eigenvalue weighted by molar-refractivity contribution is 7.15. The first-order valence-electron chi connectivity index (χ1n) is 8.31. The highest BCUT2D eigenvalue weighted by Crippen LogP contribution is 2.26. The van der Waals surface area contributed by atoms with Crippen LogP contribution in [0.1, 0.15) is 0 Å². The molecular formula is C20H17N3O3S. The van der Waals surface area contributed by atoms with Crippen molar-refractivity contribution < 1.29 is 14.3 Å². The number of carbonyl (C=O) groups excluding carboxylic acids is 1. The van der Waals surface area contributed by atoms with E-state index in [2.05, 4.69) is 10.3 Å². The summed E-state index contributed by atoms with van der Waals surface area (Å²) in [6, 6.07) is 14.8. The van der Waals surface area contributed by atoms with Gasteiger partial charge in [-0.1, -0.05) is 24.3 Å². The lowest BCUT2D eigenvalue weighted by molar-refractivity contribution is -0.118. The van der Waals surface area contributed by atoms with E-state index in [9.17, 15) is 4.79 Å². The van der Waals surface area contributed by atoms with Crippen molar-refractivity contribution >= 4 is 27.9 Å². The summed E-state index contributed by atoms with van der Waals surface area (Å²) in [6.45, 7) is -0.106. The molecule has 0 bridgehead atoms. The summed E-state index contributed by atoms with van der Waals surface area (Å²) in [7, 11) is 1.56. The van der Waals surface area contributed by atoms with E-state index < -0.39 is 0 Å². The monoisotopic (exact) mass is 379 g/mol. The molecule has 7 heteroatoms. The van der Waals surface area contributed by atoms with E-state index in [4.69, 9.17) is 9.47 Å². The van der Waals surface area contributed by atoms with Crippen LogP contribution in [0.3, 0.4) is 0 Å². The molecule has 4 rings (SSSR count). The number of hydrogen-bond donors (Lipinski definition) is 1. The molecule has 1 amide bonds. The van der Waals surface area contributed by atoms with E-state index >= 15 is 0 Å². The average Bonchev–Trinajstić information content (AvgIpc) is 3.29. The zero-order chi connectivity index (χ0) is 18.6. The van der Waals surface area contributed by atoms with Crippen LogP contribution in [0, 0.1) is 0 Å². The Morgan fingerprint density at radius 2 is 2.04 bits per heavy atom. The first-order valence-corrected chi connectivity index (χ1v) is 9.19. The number of imidazole rings is 1. The maximum atomic E-state index is 12.2. The fraction of sp³-hybridized carbons (Fsp3) is 0.100. The van der Waals surface area contributed by atoms with Gasteiger partial charge in [0.25, 0.3) is 5.91 Å². The minimum Gasteiger partial charge on any atom is -0.493 e. The molecule has 0 aliphatic heterocycles. The molecule has 0 saturated heterocycles. The van der Waals surface area contributed by atoms with Crippen LogP contribution in [-0.2, 0) is 4.79 Å². The first-order chi connectivity index (χ1) is 13.2. The van der Waals surface area contributed by atoms with Gasteiger partial charge in [0.2, 0.25) is 0 Å². The van der Waals surface area contributed by atoms with Gasteiger partial charge in [0.1, 0.15) is 0 Å². The maximum Gasteiger partial charge on any atom is 0.262 e. The molecule has 27 heavy (non-hydrogen) atoms. The van der Waals surface area contributed by atoms with Crippen LogP contribution in [0.4, 0.5) is 5.69 Å². The number of amides is 1. The summed E-state index contributed by atoms with van der Waals surface area (Å²) in [4.78, 5) is 17.8. The Morgan fingerprint density at radius 3 is 2.85 bits per heavy atom. The molecule has 4 aromatic rings. The molecule has 2 aromatic carbocycles. The lowest BCUT2D eigenvalue weighted by Gasteiger charge is -2.11. The number of nitrogens with one attached hydrogen (secondary N) is 1. The van der Waals surface area contributed by atoms with Gasteiger partial charge in [-0.3, -0.25) is 9.20 Å². The summed E-state index contributed by atoms with van der Waals surface area (Å²) >= 11 is 1.58. The topological polar surface area (TPSA) is 64.9 Å². The van der Waals surface area contributed by atoms with Gasteiger partial charge in [-0.25, -0.2) is 4.98 Å². The third-order valence-corrected chi connectivity index (χ3v) is 4.73. The van der Waals surface area contributed by atoms with E-state index in [1.807, 2.05) is 58.6 Å². The number of anilines is 1. The molecular weight excluding hydrogens is 362 g/mol. The summed E-state index contributed by atoms with van der Waals surface area (Å²) in [5.41, 5.74) is 2.50. The number of rotatable bonds is 6. The number of carbonyl (C=O) groups is 1. The maximum absolute atomic E-state index is 12.2. The molecule has 0 radical (unpaired) electrons. The van der Waals surface area contributed by atoms with Gasteiger partial charge in [0.15, 0.2) is 23.1 Å². The number of ether oxygens (including phenoxy) is 2. The van der Waals surface area contributed by atoms with Gasteiger partial charge in [-0.05, 0) is 24.3 Å². The molecule has 136 valence electrons. The number of aromatic nitrogens is 2. The summed E-state index contributed by atoms with van der Waals surface area (Å²) in [5, 5.41) is 4.84. The van der Waals surface area contributed by atoms with Gasteiger partial charge < -0.3 is 14.8 Å². The van der Waals surface area contributed by atoms with E-state index in [1.54, 1.807) is 30.6 Å². The second-order valence-corrected chi connectivity index (χ2v) is 6.66. The molecule has 0 unspecified atom stereocenters. The van der Waals surface area contributed by atoms with Crippen LogP contribution in [0.25, 0.3) is 16.2 Å². The Labute approximate surface area is 160 Å². The van der Waals surface area contributed by atoms with Crippen LogP contribution in [0.15, 0.2) is 66.3 Å². The van der Waals surface area contributed by atoms with E-state index in [0.29, 0.717) is 17.2 Å². The first kappa shape index (κ1) is 17.1. The van der Waals surface area contributed by atoms with Crippen molar-refractivity contribution in [3.63, 3.8) is 0 Å². The highest BCUT2D eigenvalue weighted by Gasteiger charge is 2.09. The zero-order valence-corrected chi connectivity index (χ0v) is 15.4. The van der Waals surface area contributed by atoms with Crippen molar-refractivity contribution in [2.75, 3.05) is 19.0 Å². The highest BCUT2D eigenvalue weighted by atomic mass is 32.1. The number of para-hydroxylation sites is 2. The number of thiazole rings is 1. The third kappa shape index (κ3) is 3.78. The molecule has 0 fully saturated rings. The number of nitrogens with zero attached hydrogens (tertiary/aromatic N) is 2. The van der Waals surface area contributed by atoms with Gasteiger partial charge in [0, 0.05) is 29.0 Å². The average molecular weight is 379 g/mol. The van der Waals surface area contributed by atoms with Crippen LogP contribution in [0.5, 0.6) is 11.5 Å². The number of hydrogen-bond acceptors (Lipinski definition) is 5. The van der Waals surface area contributed by atoms with Crippen molar-refractivity contribution in [2.45, 2.75) is 0 Å².